The normalized spacial score (nSPS) is 11.7. The van der Waals surface area contributed by atoms with Crippen LogP contribution >= 0.6 is 27.3 Å². The third-order valence-electron chi connectivity index (χ3n) is 3.39. The molecule has 25 heavy (non-hydrogen) atoms. The molecule has 128 valence electrons. The van der Waals surface area contributed by atoms with E-state index < -0.39 is 17.9 Å². The maximum atomic E-state index is 12.6. The first-order chi connectivity index (χ1) is 12.1. The van der Waals surface area contributed by atoms with Gasteiger partial charge in [0.25, 0.3) is 5.91 Å². The predicted octanol–water partition coefficient (Wildman–Crippen LogP) is 4.32. The van der Waals surface area contributed by atoms with E-state index in [0.717, 1.165) is 9.35 Å². The Morgan fingerprint density at radius 2 is 2.00 bits per heavy atom. The van der Waals surface area contributed by atoms with E-state index in [1.807, 2.05) is 17.5 Å². The van der Waals surface area contributed by atoms with Gasteiger partial charge in [-0.05, 0) is 45.1 Å². The van der Waals surface area contributed by atoms with Crippen LogP contribution in [0.2, 0.25) is 0 Å². The molecule has 1 aromatic carbocycles. The number of ether oxygens (including phenoxy) is 1. The topological polar surface area (TPSA) is 68.5 Å². The smallest absolute Gasteiger partial charge is 0.333 e. The third-order valence-corrected chi connectivity index (χ3v) is 4.95. The summed E-state index contributed by atoms with van der Waals surface area (Å²) in [5.74, 6) is -0.877. The van der Waals surface area contributed by atoms with Gasteiger partial charge in [-0.1, -0.05) is 30.3 Å². The monoisotopic (exact) mass is 419 g/mol. The molecule has 1 N–H and O–H groups in total. The molecule has 0 saturated carbocycles. The minimum absolute atomic E-state index is 0.135. The number of carbonyl (C=O) groups is 2. The minimum atomic E-state index is -0.916. The van der Waals surface area contributed by atoms with Gasteiger partial charge >= 0.3 is 5.97 Å². The lowest BCUT2D eigenvalue weighted by molar-refractivity contribution is -0.147. The highest BCUT2D eigenvalue weighted by atomic mass is 79.9. The van der Waals surface area contributed by atoms with E-state index >= 15 is 0 Å². The summed E-state index contributed by atoms with van der Waals surface area (Å²) < 4.78 is 11.4. The van der Waals surface area contributed by atoms with Crippen LogP contribution in [0, 0.1) is 0 Å². The summed E-state index contributed by atoms with van der Waals surface area (Å²) in [5, 5.41) is 4.56. The number of thiophene rings is 1. The molecule has 7 heteroatoms. The van der Waals surface area contributed by atoms with Crippen LogP contribution in [-0.4, -0.2) is 11.9 Å². The second-order valence-electron chi connectivity index (χ2n) is 5.16. The SMILES string of the molecule is O=C(NC(C(=O)OCc1csc(Br)c1)c1ccccc1)c1ccco1. The molecule has 1 unspecified atom stereocenters. The number of benzene rings is 1. The molecule has 0 aliphatic rings. The number of nitrogens with one attached hydrogen (secondary N) is 1. The Balaban J connectivity index is 1.73. The summed E-state index contributed by atoms with van der Waals surface area (Å²) in [5.41, 5.74) is 1.52. The van der Waals surface area contributed by atoms with Crippen LogP contribution in [0.4, 0.5) is 0 Å². The Bertz CT molecular complexity index is 845. The molecule has 0 bridgehead atoms. The van der Waals surface area contributed by atoms with Crippen molar-refractivity contribution < 1.29 is 18.7 Å². The Morgan fingerprint density at radius 1 is 1.20 bits per heavy atom. The van der Waals surface area contributed by atoms with E-state index in [1.54, 1.807) is 30.3 Å². The molecular weight excluding hydrogens is 406 g/mol. The van der Waals surface area contributed by atoms with Crippen molar-refractivity contribution in [3.8, 4) is 0 Å². The molecule has 3 aromatic rings. The average molecular weight is 420 g/mol. The zero-order chi connectivity index (χ0) is 17.6. The highest BCUT2D eigenvalue weighted by Crippen LogP contribution is 2.22. The Hall–Kier alpha value is -2.38. The van der Waals surface area contributed by atoms with Crippen molar-refractivity contribution in [2.45, 2.75) is 12.6 Å². The van der Waals surface area contributed by atoms with E-state index in [9.17, 15) is 9.59 Å². The van der Waals surface area contributed by atoms with Crippen LogP contribution in [0.25, 0.3) is 0 Å². The van der Waals surface area contributed by atoms with Gasteiger partial charge in [0, 0.05) is 5.56 Å². The van der Waals surface area contributed by atoms with E-state index in [0.29, 0.717) is 5.56 Å². The largest absolute Gasteiger partial charge is 0.459 e. The van der Waals surface area contributed by atoms with Crippen molar-refractivity contribution >= 4 is 39.1 Å². The van der Waals surface area contributed by atoms with Gasteiger partial charge in [0.1, 0.15) is 6.61 Å². The first-order valence-corrected chi connectivity index (χ1v) is 9.09. The van der Waals surface area contributed by atoms with Crippen molar-refractivity contribution in [2.24, 2.45) is 0 Å². The molecule has 2 heterocycles. The highest BCUT2D eigenvalue weighted by Gasteiger charge is 2.25. The Kier molecular flexibility index (Phi) is 5.67. The van der Waals surface area contributed by atoms with E-state index in [4.69, 9.17) is 9.15 Å². The molecule has 0 saturated heterocycles. The lowest BCUT2D eigenvalue weighted by Gasteiger charge is -2.17. The maximum Gasteiger partial charge on any atom is 0.333 e. The van der Waals surface area contributed by atoms with Gasteiger partial charge < -0.3 is 14.5 Å². The third kappa shape index (κ3) is 4.58. The Morgan fingerprint density at radius 3 is 2.64 bits per heavy atom. The number of halogens is 1. The van der Waals surface area contributed by atoms with E-state index in [2.05, 4.69) is 21.2 Å². The molecule has 0 aliphatic carbocycles. The number of hydrogen-bond acceptors (Lipinski definition) is 5. The summed E-state index contributed by atoms with van der Waals surface area (Å²) in [6, 6.07) is 13.1. The molecule has 3 rings (SSSR count). The van der Waals surface area contributed by atoms with Crippen molar-refractivity contribution in [2.75, 3.05) is 0 Å². The molecular formula is C18H14BrNO4S. The zero-order valence-corrected chi connectivity index (χ0v) is 15.4. The predicted molar refractivity (Wildman–Crippen MR) is 97.2 cm³/mol. The standard InChI is InChI=1S/C18H14BrNO4S/c19-15-9-12(11-25-15)10-24-18(22)16(13-5-2-1-3-6-13)20-17(21)14-7-4-8-23-14/h1-9,11,16H,10H2,(H,20,21). The van der Waals surface area contributed by atoms with E-state index in [-0.39, 0.29) is 12.4 Å². The summed E-state index contributed by atoms with van der Waals surface area (Å²) in [7, 11) is 0. The van der Waals surface area contributed by atoms with Gasteiger partial charge in [0.05, 0.1) is 10.0 Å². The van der Waals surface area contributed by atoms with Gasteiger partial charge in [-0.3, -0.25) is 4.79 Å². The van der Waals surface area contributed by atoms with Crippen molar-refractivity contribution in [1.82, 2.24) is 5.32 Å². The van der Waals surface area contributed by atoms with E-state index in [1.165, 1.54) is 23.7 Å². The molecule has 1 atom stereocenters. The molecule has 5 nitrogen and oxygen atoms in total. The summed E-state index contributed by atoms with van der Waals surface area (Å²) >= 11 is 4.88. The average Bonchev–Trinajstić information content (AvgIpc) is 3.30. The first-order valence-electron chi connectivity index (χ1n) is 7.42. The summed E-state index contributed by atoms with van der Waals surface area (Å²) in [6.45, 7) is 0.140. The molecule has 0 radical (unpaired) electrons. The summed E-state index contributed by atoms with van der Waals surface area (Å²) in [6.07, 6.45) is 1.40. The number of esters is 1. The van der Waals surface area contributed by atoms with Gasteiger partial charge in [0.15, 0.2) is 11.8 Å². The fourth-order valence-electron chi connectivity index (χ4n) is 2.19. The lowest BCUT2D eigenvalue weighted by Crippen LogP contribution is -2.34. The van der Waals surface area contributed by atoms with Crippen LogP contribution in [0.3, 0.4) is 0 Å². The molecule has 1 amide bonds. The fraction of sp³-hybridized carbons (Fsp3) is 0.111. The quantitative estimate of drug-likeness (QED) is 0.604. The minimum Gasteiger partial charge on any atom is -0.459 e. The van der Waals surface area contributed by atoms with Crippen molar-refractivity contribution in [3.05, 3.63) is 80.8 Å². The van der Waals surface area contributed by atoms with Crippen LogP contribution in [0.5, 0.6) is 0 Å². The van der Waals surface area contributed by atoms with Gasteiger partial charge in [0.2, 0.25) is 0 Å². The number of carbonyl (C=O) groups excluding carboxylic acids is 2. The van der Waals surface area contributed by atoms with Crippen molar-refractivity contribution in [1.29, 1.82) is 0 Å². The molecule has 0 aliphatic heterocycles. The van der Waals surface area contributed by atoms with Crippen molar-refractivity contribution in [3.63, 3.8) is 0 Å². The molecule has 0 spiro atoms. The zero-order valence-electron chi connectivity index (χ0n) is 13.0. The van der Waals surface area contributed by atoms with Gasteiger partial charge in [-0.25, -0.2) is 4.79 Å². The number of amides is 1. The van der Waals surface area contributed by atoms with Gasteiger partial charge in [-0.15, -0.1) is 11.3 Å². The van der Waals surface area contributed by atoms with Crippen LogP contribution < -0.4 is 5.32 Å². The Labute approximate surface area is 156 Å². The van der Waals surface area contributed by atoms with Crippen LogP contribution in [0.1, 0.15) is 27.7 Å². The number of furan rings is 1. The summed E-state index contributed by atoms with van der Waals surface area (Å²) in [4.78, 5) is 24.8. The van der Waals surface area contributed by atoms with Crippen LogP contribution in [0.15, 0.2) is 68.4 Å². The number of hydrogen-bond donors (Lipinski definition) is 1. The van der Waals surface area contributed by atoms with Crippen LogP contribution in [-0.2, 0) is 16.1 Å². The lowest BCUT2D eigenvalue weighted by atomic mass is 10.1. The van der Waals surface area contributed by atoms with Gasteiger partial charge in [-0.2, -0.15) is 0 Å². The second-order valence-corrected chi connectivity index (χ2v) is 7.45. The second kappa shape index (κ2) is 8.13. The first kappa shape index (κ1) is 17.4. The maximum absolute atomic E-state index is 12.6. The fourth-order valence-corrected chi connectivity index (χ4v) is 3.39. The highest BCUT2D eigenvalue weighted by molar-refractivity contribution is 9.11. The number of rotatable bonds is 6. The molecule has 0 fully saturated rings. The molecule has 2 aromatic heterocycles.